The Bertz CT molecular complexity index is 651. The van der Waals surface area contributed by atoms with E-state index < -0.39 is 0 Å². The number of hydrogen-bond donors (Lipinski definition) is 1. The van der Waals surface area contributed by atoms with Crippen LogP contribution in [0.15, 0.2) is 18.2 Å². The fourth-order valence-corrected chi connectivity index (χ4v) is 3.10. The number of halogens is 1. The van der Waals surface area contributed by atoms with Crippen molar-refractivity contribution in [2.24, 2.45) is 5.92 Å². The van der Waals surface area contributed by atoms with Gasteiger partial charge in [-0.15, -0.1) is 0 Å². The second-order valence-corrected chi connectivity index (χ2v) is 6.90. The summed E-state index contributed by atoms with van der Waals surface area (Å²) in [7, 11) is 1.91. The standard InChI is InChI=1S/C17H22IN3/c1-10(2)8-14-15(18)17(19-5)21-16(20-14)13-7-6-11(3)9-12(13)4/h6-7,9-10H,8H2,1-5H3,(H,19,20,21). The van der Waals surface area contributed by atoms with E-state index in [2.05, 4.69) is 78.8 Å². The van der Waals surface area contributed by atoms with Crippen LogP contribution in [0.3, 0.4) is 0 Å². The van der Waals surface area contributed by atoms with Crippen molar-refractivity contribution in [3.8, 4) is 11.4 Å². The van der Waals surface area contributed by atoms with Gasteiger partial charge in [0.05, 0.1) is 9.26 Å². The summed E-state index contributed by atoms with van der Waals surface area (Å²) < 4.78 is 1.12. The lowest BCUT2D eigenvalue weighted by molar-refractivity contribution is 0.632. The highest BCUT2D eigenvalue weighted by Crippen LogP contribution is 2.27. The molecule has 1 heterocycles. The van der Waals surface area contributed by atoms with Crippen molar-refractivity contribution >= 4 is 28.4 Å². The fourth-order valence-electron chi connectivity index (χ4n) is 2.37. The number of aromatic nitrogens is 2. The van der Waals surface area contributed by atoms with Gasteiger partial charge in [0.2, 0.25) is 0 Å². The van der Waals surface area contributed by atoms with E-state index in [4.69, 9.17) is 4.98 Å². The Morgan fingerprint density at radius 3 is 2.48 bits per heavy atom. The molecule has 0 unspecified atom stereocenters. The number of aryl methyl sites for hydroxylation is 2. The van der Waals surface area contributed by atoms with Crippen molar-refractivity contribution in [3.05, 3.63) is 38.6 Å². The molecule has 0 bridgehead atoms. The highest BCUT2D eigenvalue weighted by atomic mass is 127. The molecule has 0 aliphatic carbocycles. The number of benzene rings is 1. The minimum atomic E-state index is 0.574. The molecule has 4 heteroatoms. The van der Waals surface area contributed by atoms with Crippen LogP contribution in [0.5, 0.6) is 0 Å². The molecule has 0 saturated carbocycles. The number of nitrogens with one attached hydrogen (secondary N) is 1. The van der Waals surface area contributed by atoms with Crippen LogP contribution in [0.25, 0.3) is 11.4 Å². The first-order valence-electron chi connectivity index (χ1n) is 7.24. The van der Waals surface area contributed by atoms with Gasteiger partial charge in [0.25, 0.3) is 0 Å². The molecule has 1 N–H and O–H groups in total. The van der Waals surface area contributed by atoms with E-state index in [0.29, 0.717) is 5.92 Å². The Morgan fingerprint density at radius 2 is 1.90 bits per heavy atom. The number of hydrogen-bond acceptors (Lipinski definition) is 3. The van der Waals surface area contributed by atoms with Crippen molar-refractivity contribution in [3.63, 3.8) is 0 Å². The maximum absolute atomic E-state index is 4.82. The van der Waals surface area contributed by atoms with Crippen LogP contribution >= 0.6 is 22.6 Å². The zero-order valence-corrected chi connectivity index (χ0v) is 15.4. The monoisotopic (exact) mass is 395 g/mol. The molecule has 2 rings (SSSR count). The summed E-state index contributed by atoms with van der Waals surface area (Å²) in [6, 6.07) is 6.41. The number of anilines is 1. The normalized spacial score (nSPS) is 11.0. The SMILES string of the molecule is CNc1nc(-c2ccc(C)cc2C)nc(CC(C)C)c1I. The molecule has 0 spiro atoms. The van der Waals surface area contributed by atoms with Crippen LogP contribution in [-0.2, 0) is 6.42 Å². The molecule has 0 saturated heterocycles. The van der Waals surface area contributed by atoms with E-state index in [1.54, 1.807) is 0 Å². The Hall–Kier alpha value is -1.17. The van der Waals surface area contributed by atoms with Crippen molar-refractivity contribution < 1.29 is 0 Å². The molecule has 0 radical (unpaired) electrons. The third-order valence-electron chi connectivity index (χ3n) is 3.38. The van der Waals surface area contributed by atoms with Gasteiger partial charge in [-0.2, -0.15) is 0 Å². The molecule has 0 amide bonds. The molecule has 112 valence electrons. The van der Waals surface area contributed by atoms with Crippen molar-refractivity contribution in [2.75, 3.05) is 12.4 Å². The van der Waals surface area contributed by atoms with Crippen LogP contribution in [0.2, 0.25) is 0 Å². The molecular weight excluding hydrogens is 373 g/mol. The minimum Gasteiger partial charge on any atom is -0.372 e. The smallest absolute Gasteiger partial charge is 0.162 e. The van der Waals surface area contributed by atoms with Crippen LogP contribution in [0.1, 0.15) is 30.7 Å². The molecule has 0 atom stereocenters. The van der Waals surface area contributed by atoms with Gasteiger partial charge in [-0.1, -0.05) is 37.6 Å². The molecule has 1 aromatic carbocycles. The summed E-state index contributed by atoms with van der Waals surface area (Å²) in [5.74, 6) is 2.30. The number of rotatable bonds is 4. The molecule has 0 aliphatic heterocycles. The maximum atomic E-state index is 4.82. The largest absolute Gasteiger partial charge is 0.372 e. The van der Waals surface area contributed by atoms with Gasteiger partial charge in [0, 0.05) is 12.6 Å². The summed E-state index contributed by atoms with van der Waals surface area (Å²) in [5.41, 5.74) is 4.71. The number of nitrogens with zero attached hydrogens (tertiary/aromatic N) is 2. The van der Waals surface area contributed by atoms with Gasteiger partial charge in [0.15, 0.2) is 5.82 Å². The fraction of sp³-hybridized carbons (Fsp3) is 0.412. The van der Waals surface area contributed by atoms with Crippen LogP contribution < -0.4 is 5.32 Å². The predicted molar refractivity (Wildman–Crippen MR) is 97.7 cm³/mol. The second-order valence-electron chi connectivity index (χ2n) is 5.82. The van der Waals surface area contributed by atoms with Crippen molar-refractivity contribution in [2.45, 2.75) is 34.1 Å². The molecule has 1 aromatic heterocycles. The van der Waals surface area contributed by atoms with Gasteiger partial charge in [0.1, 0.15) is 5.82 Å². The highest BCUT2D eigenvalue weighted by Gasteiger charge is 2.14. The zero-order valence-electron chi connectivity index (χ0n) is 13.3. The van der Waals surface area contributed by atoms with Gasteiger partial charge in [-0.3, -0.25) is 0 Å². The Balaban J connectivity index is 2.58. The second kappa shape index (κ2) is 6.73. The molecular formula is C17H22IN3. The van der Waals surface area contributed by atoms with E-state index >= 15 is 0 Å². The van der Waals surface area contributed by atoms with E-state index in [1.165, 1.54) is 11.1 Å². The molecule has 3 nitrogen and oxygen atoms in total. The van der Waals surface area contributed by atoms with Crippen molar-refractivity contribution in [1.29, 1.82) is 0 Å². The first kappa shape index (κ1) is 16.2. The van der Waals surface area contributed by atoms with E-state index in [9.17, 15) is 0 Å². The summed E-state index contributed by atoms with van der Waals surface area (Å²) in [4.78, 5) is 9.51. The first-order valence-corrected chi connectivity index (χ1v) is 8.32. The third kappa shape index (κ3) is 3.73. The topological polar surface area (TPSA) is 37.8 Å². The highest BCUT2D eigenvalue weighted by molar-refractivity contribution is 14.1. The van der Waals surface area contributed by atoms with Gasteiger partial charge < -0.3 is 5.32 Å². The van der Waals surface area contributed by atoms with Crippen LogP contribution in [0, 0.1) is 23.3 Å². The summed E-state index contributed by atoms with van der Waals surface area (Å²) in [6.45, 7) is 8.65. The van der Waals surface area contributed by atoms with Crippen LogP contribution in [0.4, 0.5) is 5.82 Å². The average Bonchev–Trinajstić information content (AvgIpc) is 2.41. The lowest BCUT2D eigenvalue weighted by Crippen LogP contribution is -2.08. The predicted octanol–water partition coefficient (Wildman–Crippen LogP) is 4.61. The van der Waals surface area contributed by atoms with Crippen molar-refractivity contribution in [1.82, 2.24) is 9.97 Å². The Morgan fingerprint density at radius 1 is 1.19 bits per heavy atom. The third-order valence-corrected chi connectivity index (χ3v) is 4.51. The van der Waals surface area contributed by atoms with Crippen LogP contribution in [-0.4, -0.2) is 17.0 Å². The van der Waals surface area contributed by atoms with E-state index in [1.807, 2.05) is 7.05 Å². The Labute approximate surface area is 140 Å². The molecule has 0 aliphatic rings. The summed E-state index contributed by atoms with van der Waals surface area (Å²) >= 11 is 2.34. The van der Waals surface area contributed by atoms with Gasteiger partial charge >= 0.3 is 0 Å². The van der Waals surface area contributed by atoms with E-state index in [0.717, 1.165) is 32.9 Å². The Kier molecular flexibility index (Phi) is 5.19. The maximum Gasteiger partial charge on any atom is 0.162 e. The quantitative estimate of drug-likeness (QED) is 0.769. The minimum absolute atomic E-state index is 0.574. The zero-order chi connectivity index (χ0) is 15.6. The van der Waals surface area contributed by atoms with Gasteiger partial charge in [-0.25, -0.2) is 9.97 Å². The molecule has 0 fully saturated rings. The summed E-state index contributed by atoms with van der Waals surface area (Å²) in [5, 5.41) is 3.19. The molecule has 21 heavy (non-hydrogen) atoms. The lowest BCUT2D eigenvalue weighted by atomic mass is 10.0. The first-order chi connectivity index (χ1) is 9.92. The van der Waals surface area contributed by atoms with Gasteiger partial charge in [-0.05, 0) is 54.3 Å². The van der Waals surface area contributed by atoms with E-state index in [-0.39, 0.29) is 0 Å². The molecule has 2 aromatic rings. The average molecular weight is 395 g/mol. The lowest BCUT2D eigenvalue weighted by Gasteiger charge is -2.14. The summed E-state index contributed by atoms with van der Waals surface area (Å²) in [6.07, 6.45) is 0.966.